The summed E-state index contributed by atoms with van der Waals surface area (Å²) in [6.07, 6.45) is 0. The molecular weight excluding hydrogens is 305 g/mol. The average Bonchev–Trinajstić information content (AvgIpc) is 2.42. The maximum absolute atomic E-state index is 13.6. The van der Waals surface area contributed by atoms with Crippen LogP contribution in [0.25, 0.3) is 0 Å². The van der Waals surface area contributed by atoms with E-state index in [-0.39, 0.29) is 22.2 Å². The molecule has 0 aliphatic heterocycles. The molecule has 20 heavy (non-hydrogen) atoms. The number of hydrogen-bond donors (Lipinski definition) is 2. The first kappa shape index (κ1) is 14.8. The smallest absolute Gasteiger partial charge is 0.261 e. The third-order valence-electron chi connectivity index (χ3n) is 2.59. The van der Waals surface area contributed by atoms with Crippen LogP contribution in [0.4, 0.5) is 10.1 Å². The Morgan fingerprint density at radius 3 is 2.35 bits per heavy atom. The van der Waals surface area contributed by atoms with Gasteiger partial charge in [0.05, 0.1) is 17.2 Å². The van der Waals surface area contributed by atoms with Gasteiger partial charge in [0, 0.05) is 5.02 Å². The average molecular weight is 316 g/mol. The molecule has 0 unspecified atom stereocenters. The van der Waals surface area contributed by atoms with Gasteiger partial charge in [0.25, 0.3) is 10.0 Å². The predicted molar refractivity (Wildman–Crippen MR) is 74.6 cm³/mol. The van der Waals surface area contributed by atoms with Gasteiger partial charge < -0.3 is 5.11 Å². The Morgan fingerprint density at radius 2 is 1.80 bits per heavy atom. The van der Waals surface area contributed by atoms with Gasteiger partial charge in [0.1, 0.15) is 5.82 Å². The van der Waals surface area contributed by atoms with E-state index >= 15 is 0 Å². The van der Waals surface area contributed by atoms with Gasteiger partial charge in [-0.3, -0.25) is 4.72 Å². The highest BCUT2D eigenvalue weighted by atomic mass is 35.5. The van der Waals surface area contributed by atoms with Gasteiger partial charge in [-0.25, -0.2) is 12.8 Å². The monoisotopic (exact) mass is 315 g/mol. The minimum atomic E-state index is -3.89. The Bertz CT molecular complexity index is 717. The first-order valence-corrected chi connectivity index (χ1v) is 7.46. The van der Waals surface area contributed by atoms with E-state index in [2.05, 4.69) is 4.72 Å². The number of benzene rings is 2. The summed E-state index contributed by atoms with van der Waals surface area (Å²) in [5.74, 6) is -0.756. The Balaban J connectivity index is 2.30. The Hall–Kier alpha value is -1.63. The molecular formula is C13H11ClFNO3S. The lowest BCUT2D eigenvalue weighted by Crippen LogP contribution is -2.14. The van der Waals surface area contributed by atoms with Crippen molar-refractivity contribution in [3.8, 4) is 0 Å². The van der Waals surface area contributed by atoms with E-state index in [1.807, 2.05) is 0 Å². The molecule has 0 radical (unpaired) electrons. The van der Waals surface area contributed by atoms with Crippen LogP contribution in [0, 0.1) is 5.82 Å². The van der Waals surface area contributed by atoms with Crippen LogP contribution in [-0.2, 0) is 16.6 Å². The molecule has 0 amide bonds. The summed E-state index contributed by atoms with van der Waals surface area (Å²) in [6, 6.07) is 9.28. The second-order valence-corrected chi connectivity index (χ2v) is 6.15. The molecule has 0 aliphatic rings. The van der Waals surface area contributed by atoms with Crippen LogP contribution in [0.15, 0.2) is 47.4 Å². The highest BCUT2D eigenvalue weighted by molar-refractivity contribution is 7.92. The lowest BCUT2D eigenvalue weighted by molar-refractivity contribution is 0.282. The molecule has 4 nitrogen and oxygen atoms in total. The molecule has 0 bridgehead atoms. The topological polar surface area (TPSA) is 66.4 Å². The van der Waals surface area contributed by atoms with E-state index in [0.29, 0.717) is 5.56 Å². The number of aliphatic hydroxyl groups is 1. The number of halogens is 2. The second kappa shape index (κ2) is 5.78. The van der Waals surface area contributed by atoms with E-state index in [0.717, 1.165) is 6.07 Å². The predicted octanol–water partition coefficient (Wildman–Crippen LogP) is 2.77. The summed E-state index contributed by atoms with van der Waals surface area (Å²) in [5, 5.41) is 9.08. The van der Waals surface area contributed by atoms with Crippen molar-refractivity contribution in [2.24, 2.45) is 0 Å². The first-order chi connectivity index (χ1) is 9.42. The highest BCUT2D eigenvalue weighted by Crippen LogP contribution is 2.22. The second-order valence-electron chi connectivity index (χ2n) is 4.03. The fraction of sp³-hybridized carbons (Fsp3) is 0.0769. The van der Waals surface area contributed by atoms with Crippen molar-refractivity contribution < 1.29 is 17.9 Å². The van der Waals surface area contributed by atoms with E-state index in [9.17, 15) is 12.8 Å². The number of nitrogens with one attached hydrogen (secondary N) is 1. The Kier molecular flexibility index (Phi) is 4.27. The molecule has 0 saturated heterocycles. The molecule has 7 heteroatoms. The van der Waals surface area contributed by atoms with Crippen LogP contribution in [0.5, 0.6) is 0 Å². The standard InChI is InChI=1S/C13H11ClFNO3S/c14-10-3-6-13(12(15)7-10)16-20(18,19)11-4-1-9(8-17)2-5-11/h1-7,16-17H,8H2. The largest absolute Gasteiger partial charge is 0.392 e. The van der Waals surface area contributed by atoms with Gasteiger partial charge in [-0.05, 0) is 35.9 Å². The van der Waals surface area contributed by atoms with Crippen LogP contribution in [-0.4, -0.2) is 13.5 Å². The van der Waals surface area contributed by atoms with Gasteiger partial charge in [-0.15, -0.1) is 0 Å². The quantitative estimate of drug-likeness (QED) is 0.911. The third kappa shape index (κ3) is 3.27. The molecule has 2 aromatic rings. The van der Waals surface area contributed by atoms with Gasteiger partial charge >= 0.3 is 0 Å². The number of rotatable bonds is 4. The molecule has 0 heterocycles. The maximum atomic E-state index is 13.6. The molecule has 2 N–H and O–H groups in total. The maximum Gasteiger partial charge on any atom is 0.261 e. The van der Waals surface area contributed by atoms with Crippen molar-refractivity contribution in [1.29, 1.82) is 0 Å². The first-order valence-electron chi connectivity index (χ1n) is 5.60. The zero-order valence-electron chi connectivity index (χ0n) is 10.2. The van der Waals surface area contributed by atoms with E-state index < -0.39 is 15.8 Å². The van der Waals surface area contributed by atoms with E-state index in [4.69, 9.17) is 16.7 Å². The fourth-order valence-electron chi connectivity index (χ4n) is 1.55. The van der Waals surface area contributed by atoms with Crippen molar-refractivity contribution in [3.05, 3.63) is 58.9 Å². The van der Waals surface area contributed by atoms with Gasteiger partial charge in [-0.2, -0.15) is 0 Å². The summed E-state index contributed by atoms with van der Waals surface area (Å²) in [4.78, 5) is -0.0240. The molecule has 0 saturated carbocycles. The summed E-state index contributed by atoms with van der Waals surface area (Å²) < 4.78 is 39.8. The van der Waals surface area contributed by atoms with Gasteiger partial charge in [0.2, 0.25) is 0 Å². The zero-order chi connectivity index (χ0) is 14.8. The minimum Gasteiger partial charge on any atom is -0.392 e. The molecule has 0 atom stereocenters. The Labute approximate surface area is 120 Å². The normalized spacial score (nSPS) is 11.3. The summed E-state index contributed by atoms with van der Waals surface area (Å²) in [7, 11) is -3.89. The van der Waals surface area contributed by atoms with Gasteiger partial charge in [-0.1, -0.05) is 23.7 Å². The van der Waals surface area contributed by atoms with Crippen molar-refractivity contribution in [3.63, 3.8) is 0 Å². The van der Waals surface area contributed by atoms with E-state index in [1.54, 1.807) is 0 Å². The lowest BCUT2D eigenvalue weighted by atomic mass is 10.2. The summed E-state index contributed by atoms with van der Waals surface area (Å²) in [5.41, 5.74) is 0.405. The van der Waals surface area contributed by atoms with Crippen molar-refractivity contribution in [2.45, 2.75) is 11.5 Å². The number of hydrogen-bond acceptors (Lipinski definition) is 3. The van der Waals surface area contributed by atoms with Crippen molar-refractivity contribution in [1.82, 2.24) is 0 Å². The SMILES string of the molecule is O=S(=O)(Nc1ccc(Cl)cc1F)c1ccc(CO)cc1. The van der Waals surface area contributed by atoms with Crippen molar-refractivity contribution >= 4 is 27.3 Å². The van der Waals surface area contributed by atoms with Crippen LogP contribution >= 0.6 is 11.6 Å². The van der Waals surface area contributed by atoms with E-state index in [1.165, 1.54) is 36.4 Å². The molecule has 0 aromatic heterocycles. The number of anilines is 1. The minimum absolute atomic E-state index is 0.0240. The molecule has 106 valence electrons. The van der Waals surface area contributed by atoms with Crippen LogP contribution < -0.4 is 4.72 Å². The molecule has 2 aromatic carbocycles. The summed E-state index contributed by atoms with van der Waals surface area (Å²) in [6.45, 7) is -0.181. The van der Waals surface area contributed by atoms with Crippen LogP contribution in [0.3, 0.4) is 0 Å². The van der Waals surface area contributed by atoms with Gasteiger partial charge in [0.15, 0.2) is 0 Å². The lowest BCUT2D eigenvalue weighted by Gasteiger charge is -2.09. The number of sulfonamides is 1. The highest BCUT2D eigenvalue weighted by Gasteiger charge is 2.16. The van der Waals surface area contributed by atoms with Crippen molar-refractivity contribution in [2.75, 3.05) is 4.72 Å². The third-order valence-corrected chi connectivity index (χ3v) is 4.21. The number of aliphatic hydroxyl groups excluding tert-OH is 1. The molecule has 0 aliphatic carbocycles. The Morgan fingerprint density at radius 1 is 1.15 bits per heavy atom. The molecule has 0 spiro atoms. The fourth-order valence-corrected chi connectivity index (χ4v) is 2.78. The zero-order valence-corrected chi connectivity index (χ0v) is 11.7. The molecule has 2 rings (SSSR count). The molecule has 0 fully saturated rings. The van der Waals surface area contributed by atoms with Crippen LogP contribution in [0.1, 0.15) is 5.56 Å². The van der Waals surface area contributed by atoms with Crippen LogP contribution in [0.2, 0.25) is 5.02 Å². The summed E-state index contributed by atoms with van der Waals surface area (Å²) >= 11 is 5.60.